The van der Waals surface area contributed by atoms with Crippen molar-refractivity contribution in [2.24, 2.45) is 4.99 Å². The molecule has 0 spiro atoms. The topological polar surface area (TPSA) is 111 Å². The van der Waals surface area contributed by atoms with Gasteiger partial charge in [0.05, 0.1) is 30.8 Å². The molecule has 236 valence electrons. The first-order valence-corrected chi connectivity index (χ1v) is 15.6. The summed E-state index contributed by atoms with van der Waals surface area (Å²) in [7, 11) is 0. The van der Waals surface area contributed by atoms with Crippen LogP contribution in [-0.4, -0.2) is 53.0 Å². The van der Waals surface area contributed by atoms with Crippen LogP contribution in [0.15, 0.2) is 53.2 Å². The van der Waals surface area contributed by atoms with Gasteiger partial charge < -0.3 is 19.9 Å². The average molecular weight is 638 g/mol. The number of carbonyl (C=O) groups excluding carboxylic acids is 1. The van der Waals surface area contributed by atoms with Crippen LogP contribution in [0.2, 0.25) is 0 Å². The summed E-state index contributed by atoms with van der Waals surface area (Å²) in [5, 5.41) is 4.79. The van der Waals surface area contributed by atoms with Crippen LogP contribution in [0.25, 0.3) is 11.1 Å². The van der Waals surface area contributed by atoms with E-state index in [9.17, 15) is 18.0 Å². The predicted octanol–water partition coefficient (Wildman–Crippen LogP) is 6.23. The van der Waals surface area contributed by atoms with Gasteiger partial charge in [-0.15, -0.1) is 11.3 Å². The highest BCUT2D eigenvalue weighted by atomic mass is 32.1. The number of rotatable bonds is 7. The van der Waals surface area contributed by atoms with Gasteiger partial charge >= 0.3 is 6.18 Å². The molecule has 0 aliphatic carbocycles. The molecule has 0 bridgehead atoms. The van der Waals surface area contributed by atoms with E-state index in [1.54, 1.807) is 37.0 Å². The van der Waals surface area contributed by atoms with Crippen LogP contribution in [-0.2, 0) is 27.7 Å². The summed E-state index contributed by atoms with van der Waals surface area (Å²) in [6, 6.07) is 7.30. The molecule has 9 nitrogen and oxygen atoms in total. The van der Waals surface area contributed by atoms with E-state index in [1.807, 2.05) is 16.7 Å². The van der Waals surface area contributed by atoms with Gasteiger partial charge in [-0.2, -0.15) is 13.2 Å². The minimum absolute atomic E-state index is 0.0592. The summed E-state index contributed by atoms with van der Waals surface area (Å²) in [5.74, 6) is -0.548. The van der Waals surface area contributed by atoms with Crippen molar-refractivity contribution in [3.8, 4) is 11.1 Å². The van der Waals surface area contributed by atoms with Crippen LogP contribution >= 0.6 is 11.3 Å². The number of hydrogen-bond donors (Lipinski definition) is 2. The van der Waals surface area contributed by atoms with Crippen molar-refractivity contribution in [1.29, 1.82) is 0 Å². The molecule has 4 aromatic rings. The third-order valence-electron chi connectivity index (χ3n) is 8.58. The Morgan fingerprint density at radius 1 is 1.20 bits per heavy atom. The first kappa shape index (κ1) is 30.8. The molecule has 3 N–H and O–H groups in total. The van der Waals surface area contributed by atoms with Gasteiger partial charge in [-0.3, -0.25) is 15.1 Å². The number of nitrogens with two attached hydrogens (primary N) is 1. The number of thiazole rings is 1. The molecule has 1 amide bonds. The van der Waals surface area contributed by atoms with Gasteiger partial charge in [0.25, 0.3) is 5.91 Å². The third kappa shape index (κ3) is 6.06. The number of ether oxygens (including phenoxy) is 1. The van der Waals surface area contributed by atoms with E-state index in [0.717, 1.165) is 43.2 Å². The lowest BCUT2D eigenvalue weighted by atomic mass is 9.92. The fraction of sp³-hybridized carbons (Fsp3) is 0.375. The Balaban J connectivity index is 1.39. The number of amides is 1. The maximum Gasteiger partial charge on any atom is 0.417 e. The fourth-order valence-electron chi connectivity index (χ4n) is 5.97. The number of nitrogens with zero attached hydrogens (tertiary/aromatic N) is 5. The minimum Gasteiger partial charge on any atom is -0.398 e. The van der Waals surface area contributed by atoms with Crippen LogP contribution in [0.3, 0.4) is 0 Å². The molecule has 0 radical (unpaired) electrons. The van der Waals surface area contributed by atoms with Gasteiger partial charge in [0, 0.05) is 59.1 Å². The molecule has 1 saturated heterocycles. The number of fused-ring (bicyclic) bond motifs is 1. The van der Waals surface area contributed by atoms with Gasteiger partial charge in [-0.25, -0.2) is 9.97 Å². The van der Waals surface area contributed by atoms with Crippen molar-refractivity contribution in [3.63, 3.8) is 0 Å². The SMILES string of the molecule is Cc1c(-c2ccc(N3CCOCC3)cc2)cc(C(F)(F)F)c(C=NC(C(=O)Nc2nccs2)c2ncn3c2CCC3(C)C)c1N. The van der Waals surface area contributed by atoms with E-state index in [2.05, 4.69) is 39.0 Å². The van der Waals surface area contributed by atoms with Crippen molar-refractivity contribution >= 4 is 40.0 Å². The Bertz CT molecular complexity index is 1720. The van der Waals surface area contributed by atoms with Crippen LogP contribution in [0, 0.1) is 6.92 Å². The molecule has 1 fully saturated rings. The minimum atomic E-state index is -4.73. The Morgan fingerprint density at radius 3 is 2.60 bits per heavy atom. The molecule has 0 saturated carbocycles. The predicted molar refractivity (Wildman–Crippen MR) is 170 cm³/mol. The Hall–Kier alpha value is -4.23. The van der Waals surface area contributed by atoms with E-state index < -0.39 is 23.7 Å². The zero-order valence-corrected chi connectivity index (χ0v) is 26.0. The van der Waals surface area contributed by atoms with E-state index in [4.69, 9.17) is 10.5 Å². The average Bonchev–Trinajstić information content (AvgIpc) is 3.75. The zero-order valence-electron chi connectivity index (χ0n) is 25.2. The summed E-state index contributed by atoms with van der Waals surface area (Å²) in [6.07, 6.45) is 1.04. The Labute approximate surface area is 263 Å². The number of aliphatic imine (C=N–C) groups is 1. The van der Waals surface area contributed by atoms with Crippen molar-refractivity contribution in [3.05, 3.63) is 76.3 Å². The second kappa shape index (κ2) is 11.9. The highest BCUT2D eigenvalue weighted by molar-refractivity contribution is 7.13. The van der Waals surface area contributed by atoms with Gasteiger partial charge in [0.1, 0.15) is 0 Å². The number of nitrogen functional groups attached to an aromatic ring is 1. The van der Waals surface area contributed by atoms with E-state index >= 15 is 0 Å². The summed E-state index contributed by atoms with van der Waals surface area (Å²) in [5.41, 5.74) is 8.61. The summed E-state index contributed by atoms with van der Waals surface area (Å²) in [4.78, 5) is 28.8. The molecule has 2 aromatic heterocycles. The Kier molecular flexibility index (Phi) is 8.16. The third-order valence-corrected chi connectivity index (χ3v) is 9.27. The number of nitrogens with one attached hydrogen (secondary N) is 1. The van der Waals surface area contributed by atoms with Gasteiger partial charge in [-0.1, -0.05) is 12.1 Å². The van der Waals surface area contributed by atoms with Crippen molar-refractivity contribution in [2.75, 3.05) is 42.3 Å². The fourth-order valence-corrected chi connectivity index (χ4v) is 6.50. The molecule has 2 aliphatic heterocycles. The number of morpholine rings is 1. The monoisotopic (exact) mass is 637 g/mol. The quantitative estimate of drug-likeness (QED) is 0.184. The number of benzene rings is 2. The first-order chi connectivity index (χ1) is 21.4. The van der Waals surface area contributed by atoms with Gasteiger partial charge in [-0.05, 0) is 68.5 Å². The number of imidazole rings is 1. The molecule has 45 heavy (non-hydrogen) atoms. The number of hydrogen-bond acceptors (Lipinski definition) is 8. The normalized spacial score (nSPS) is 17.1. The molecule has 6 rings (SSSR count). The smallest absolute Gasteiger partial charge is 0.398 e. The zero-order chi connectivity index (χ0) is 31.9. The van der Waals surface area contributed by atoms with E-state index in [0.29, 0.717) is 47.2 Å². The van der Waals surface area contributed by atoms with Crippen molar-refractivity contribution < 1.29 is 22.7 Å². The number of halogens is 3. The molecular formula is C32H34F3N7O2S. The number of carbonyl (C=O) groups is 1. The van der Waals surface area contributed by atoms with Crippen LogP contribution in [0.1, 0.15) is 54.4 Å². The summed E-state index contributed by atoms with van der Waals surface area (Å²) >= 11 is 1.23. The van der Waals surface area contributed by atoms with Crippen LogP contribution in [0.4, 0.5) is 29.7 Å². The van der Waals surface area contributed by atoms with Gasteiger partial charge in [0.15, 0.2) is 11.2 Å². The second-order valence-corrected chi connectivity index (χ2v) is 12.7. The van der Waals surface area contributed by atoms with Crippen molar-refractivity contribution in [1.82, 2.24) is 14.5 Å². The summed E-state index contributed by atoms with van der Waals surface area (Å²) < 4.78 is 51.2. The Morgan fingerprint density at radius 2 is 1.93 bits per heavy atom. The molecule has 1 unspecified atom stereocenters. The number of anilines is 3. The van der Waals surface area contributed by atoms with Crippen LogP contribution < -0.4 is 16.0 Å². The molecular weight excluding hydrogens is 603 g/mol. The lowest BCUT2D eigenvalue weighted by Crippen LogP contribution is -2.36. The van der Waals surface area contributed by atoms with E-state index in [-0.39, 0.29) is 16.8 Å². The van der Waals surface area contributed by atoms with Crippen LogP contribution in [0.5, 0.6) is 0 Å². The standard InChI is InChI=1S/C32H34F3N7O2S/c1-19-22(20-4-6-21(7-5-20)41-11-13-44-14-12-41)16-24(32(33,34)35)23(26(19)36)17-38-28(29(43)40-30-37-10-15-45-30)27-25-8-9-31(2,3)42(25)18-39-27/h4-7,10,15-18,28H,8-9,11-14,36H2,1-3H3,(H,37,40,43). The lowest BCUT2D eigenvalue weighted by molar-refractivity contribution is -0.137. The molecule has 2 aromatic carbocycles. The number of alkyl halides is 3. The molecule has 4 heterocycles. The van der Waals surface area contributed by atoms with Crippen molar-refractivity contribution in [2.45, 2.75) is 51.4 Å². The molecule has 13 heteroatoms. The maximum atomic E-state index is 14.6. The second-order valence-electron chi connectivity index (χ2n) is 11.8. The largest absolute Gasteiger partial charge is 0.417 e. The molecule has 1 atom stereocenters. The maximum absolute atomic E-state index is 14.6. The highest BCUT2D eigenvalue weighted by Gasteiger charge is 2.37. The van der Waals surface area contributed by atoms with Gasteiger partial charge in [0.2, 0.25) is 0 Å². The number of aromatic nitrogens is 3. The first-order valence-electron chi connectivity index (χ1n) is 14.7. The van der Waals surface area contributed by atoms with E-state index in [1.165, 1.54) is 11.3 Å². The lowest BCUT2D eigenvalue weighted by Gasteiger charge is -2.29. The highest BCUT2D eigenvalue weighted by Crippen LogP contribution is 2.41. The molecule has 2 aliphatic rings. The summed E-state index contributed by atoms with van der Waals surface area (Å²) in [6.45, 7) is 8.59.